The van der Waals surface area contributed by atoms with Crippen LogP contribution in [0.15, 0.2) is 53.5 Å². The number of rotatable bonds is 2. The van der Waals surface area contributed by atoms with E-state index in [1.165, 1.54) is 11.1 Å². The van der Waals surface area contributed by atoms with Gasteiger partial charge in [-0.3, -0.25) is 5.41 Å². The van der Waals surface area contributed by atoms with Gasteiger partial charge in [0.2, 0.25) is 0 Å². The zero-order valence-electron chi connectivity index (χ0n) is 17.3. The SMILES string of the molecule is CC(C)(C)c1ccc(C2C(=N)N=C(N)C2c2ccc(C(C)(C)C)cc2)cc1. The Bertz CT molecular complexity index is 860. The Labute approximate surface area is 163 Å². The highest BCUT2D eigenvalue weighted by Gasteiger charge is 2.37. The number of hydrogen-bond donors (Lipinski definition) is 2. The maximum Gasteiger partial charge on any atom is 0.131 e. The van der Waals surface area contributed by atoms with Gasteiger partial charge in [-0.05, 0) is 33.1 Å². The van der Waals surface area contributed by atoms with E-state index >= 15 is 0 Å². The Kier molecular flexibility index (Phi) is 4.75. The molecule has 0 bridgehead atoms. The van der Waals surface area contributed by atoms with E-state index in [2.05, 4.69) is 95.1 Å². The van der Waals surface area contributed by atoms with Crippen molar-refractivity contribution in [2.45, 2.75) is 64.2 Å². The lowest BCUT2D eigenvalue weighted by atomic mass is 9.79. The molecule has 142 valence electrons. The number of aliphatic imine (C=N–C) groups is 1. The highest BCUT2D eigenvalue weighted by Crippen LogP contribution is 2.40. The van der Waals surface area contributed by atoms with E-state index in [-0.39, 0.29) is 22.7 Å². The Morgan fingerprint density at radius 1 is 0.704 bits per heavy atom. The largest absolute Gasteiger partial charge is 0.387 e. The second kappa shape index (κ2) is 6.63. The van der Waals surface area contributed by atoms with Gasteiger partial charge in [-0.2, -0.15) is 0 Å². The number of nitrogens with zero attached hydrogens (tertiary/aromatic N) is 1. The summed E-state index contributed by atoms with van der Waals surface area (Å²) in [7, 11) is 0. The smallest absolute Gasteiger partial charge is 0.131 e. The van der Waals surface area contributed by atoms with Crippen LogP contribution in [0.3, 0.4) is 0 Å². The molecule has 0 fully saturated rings. The third-order valence-corrected chi connectivity index (χ3v) is 5.47. The third kappa shape index (κ3) is 3.83. The lowest BCUT2D eigenvalue weighted by molar-refractivity contribution is 0.589. The van der Waals surface area contributed by atoms with Crippen molar-refractivity contribution >= 4 is 11.7 Å². The molecule has 0 saturated carbocycles. The second-order valence-corrected chi connectivity index (χ2v) is 9.62. The summed E-state index contributed by atoms with van der Waals surface area (Å²) in [5, 5.41) is 8.40. The van der Waals surface area contributed by atoms with Crippen LogP contribution in [0.5, 0.6) is 0 Å². The molecule has 1 aliphatic rings. The van der Waals surface area contributed by atoms with E-state index < -0.39 is 0 Å². The quantitative estimate of drug-likeness (QED) is 0.729. The minimum Gasteiger partial charge on any atom is -0.387 e. The number of nitrogens with one attached hydrogen (secondary N) is 1. The molecule has 1 aliphatic heterocycles. The highest BCUT2D eigenvalue weighted by atomic mass is 15.0. The molecule has 2 aromatic rings. The van der Waals surface area contributed by atoms with Gasteiger partial charge in [0.05, 0.1) is 11.8 Å². The van der Waals surface area contributed by atoms with Crippen LogP contribution in [0.25, 0.3) is 0 Å². The van der Waals surface area contributed by atoms with Crippen molar-refractivity contribution in [2.24, 2.45) is 10.7 Å². The maximum atomic E-state index is 8.40. The Hall–Kier alpha value is -2.42. The van der Waals surface area contributed by atoms with Gasteiger partial charge in [-0.25, -0.2) is 4.99 Å². The summed E-state index contributed by atoms with van der Waals surface area (Å²) in [6, 6.07) is 17.2. The molecule has 3 heteroatoms. The molecule has 0 amide bonds. The van der Waals surface area contributed by atoms with Crippen LogP contribution in [-0.4, -0.2) is 11.7 Å². The first-order chi connectivity index (χ1) is 12.5. The molecule has 3 N–H and O–H groups in total. The van der Waals surface area contributed by atoms with Crippen molar-refractivity contribution in [3.05, 3.63) is 70.8 Å². The van der Waals surface area contributed by atoms with Crippen LogP contribution in [0.1, 0.15) is 75.6 Å². The van der Waals surface area contributed by atoms with Crippen molar-refractivity contribution in [2.75, 3.05) is 0 Å². The van der Waals surface area contributed by atoms with Crippen molar-refractivity contribution in [1.82, 2.24) is 0 Å². The first-order valence-corrected chi connectivity index (χ1v) is 9.62. The van der Waals surface area contributed by atoms with Gasteiger partial charge in [0.1, 0.15) is 11.7 Å². The average Bonchev–Trinajstić information content (AvgIpc) is 2.87. The zero-order chi connectivity index (χ0) is 20.0. The van der Waals surface area contributed by atoms with Gasteiger partial charge in [0, 0.05) is 0 Å². The van der Waals surface area contributed by atoms with Gasteiger partial charge >= 0.3 is 0 Å². The predicted octanol–water partition coefficient (Wildman–Crippen LogP) is 5.50. The highest BCUT2D eigenvalue weighted by molar-refractivity contribution is 6.09. The Morgan fingerprint density at radius 2 is 1.07 bits per heavy atom. The molecule has 2 unspecified atom stereocenters. The van der Waals surface area contributed by atoms with Crippen LogP contribution in [0, 0.1) is 5.41 Å². The van der Waals surface area contributed by atoms with Crippen molar-refractivity contribution in [1.29, 1.82) is 5.41 Å². The van der Waals surface area contributed by atoms with E-state index in [9.17, 15) is 0 Å². The molecule has 3 rings (SSSR count). The van der Waals surface area contributed by atoms with Crippen molar-refractivity contribution in [3.63, 3.8) is 0 Å². The van der Waals surface area contributed by atoms with E-state index in [1.54, 1.807) is 0 Å². The van der Waals surface area contributed by atoms with Crippen LogP contribution in [0.4, 0.5) is 0 Å². The molecule has 2 aromatic carbocycles. The molecule has 2 atom stereocenters. The first-order valence-electron chi connectivity index (χ1n) is 9.62. The molecular formula is C24H31N3. The molecule has 0 radical (unpaired) electrons. The van der Waals surface area contributed by atoms with Gasteiger partial charge in [-0.15, -0.1) is 0 Å². The summed E-state index contributed by atoms with van der Waals surface area (Å²) in [5.41, 5.74) is 11.3. The van der Waals surface area contributed by atoms with Gasteiger partial charge in [-0.1, -0.05) is 90.1 Å². The van der Waals surface area contributed by atoms with E-state index in [1.807, 2.05) is 0 Å². The minimum absolute atomic E-state index is 0.0768. The number of benzene rings is 2. The number of hydrogen-bond acceptors (Lipinski definition) is 2. The predicted molar refractivity (Wildman–Crippen MR) is 115 cm³/mol. The standard InChI is InChI=1S/C24H31N3/c1-23(2,3)17-11-7-15(8-12-17)19-20(22(26)27-21(19)25)16-9-13-18(14-10-16)24(4,5)6/h7-14,19-20H,1-6H3,(H3,25,26,27). The lowest BCUT2D eigenvalue weighted by Crippen LogP contribution is -2.23. The molecule has 0 aliphatic carbocycles. The lowest BCUT2D eigenvalue weighted by Gasteiger charge is -2.24. The van der Waals surface area contributed by atoms with E-state index in [0.29, 0.717) is 11.7 Å². The van der Waals surface area contributed by atoms with Crippen LogP contribution in [-0.2, 0) is 10.8 Å². The van der Waals surface area contributed by atoms with Gasteiger partial charge < -0.3 is 5.73 Å². The van der Waals surface area contributed by atoms with Crippen LogP contribution in [0.2, 0.25) is 0 Å². The summed E-state index contributed by atoms with van der Waals surface area (Å²) in [5.74, 6) is 0.681. The Balaban J connectivity index is 1.96. The second-order valence-electron chi connectivity index (χ2n) is 9.62. The van der Waals surface area contributed by atoms with Crippen LogP contribution >= 0.6 is 0 Å². The summed E-state index contributed by atoms with van der Waals surface area (Å²) in [6.07, 6.45) is 0. The third-order valence-electron chi connectivity index (χ3n) is 5.47. The average molecular weight is 362 g/mol. The normalized spacial score (nSPS) is 20.7. The molecule has 0 saturated heterocycles. The molecule has 0 aromatic heterocycles. The van der Waals surface area contributed by atoms with E-state index in [0.717, 1.165) is 11.1 Å². The molecule has 1 heterocycles. The number of amidine groups is 2. The minimum atomic E-state index is -0.125. The number of nitrogens with two attached hydrogens (primary N) is 1. The molecular weight excluding hydrogens is 330 g/mol. The summed E-state index contributed by atoms with van der Waals surface area (Å²) in [4.78, 5) is 4.32. The monoisotopic (exact) mass is 361 g/mol. The Morgan fingerprint density at radius 3 is 1.44 bits per heavy atom. The van der Waals surface area contributed by atoms with E-state index in [4.69, 9.17) is 11.1 Å². The zero-order valence-corrected chi connectivity index (χ0v) is 17.3. The van der Waals surface area contributed by atoms with Crippen LogP contribution < -0.4 is 5.73 Å². The summed E-state index contributed by atoms with van der Waals surface area (Å²) >= 11 is 0. The topological polar surface area (TPSA) is 62.2 Å². The fourth-order valence-electron chi connectivity index (χ4n) is 3.70. The summed E-state index contributed by atoms with van der Waals surface area (Å²) in [6.45, 7) is 13.3. The van der Waals surface area contributed by atoms with Gasteiger partial charge in [0.25, 0.3) is 0 Å². The van der Waals surface area contributed by atoms with Crippen molar-refractivity contribution < 1.29 is 0 Å². The summed E-state index contributed by atoms with van der Waals surface area (Å²) < 4.78 is 0. The first kappa shape index (κ1) is 19.3. The molecule has 0 spiro atoms. The van der Waals surface area contributed by atoms with Gasteiger partial charge in [0.15, 0.2) is 0 Å². The molecule has 27 heavy (non-hydrogen) atoms. The fourth-order valence-corrected chi connectivity index (χ4v) is 3.70. The molecule has 3 nitrogen and oxygen atoms in total. The fraction of sp³-hybridized carbons (Fsp3) is 0.417. The van der Waals surface area contributed by atoms with Crippen molar-refractivity contribution in [3.8, 4) is 0 Å². The maximum absolute atomic E-state index is 8.40.